The van der Waals surface area contributed by atoms with Crippen molar-refractivity contribution in [2.24, 2.45) is 0 Å². The minimum absolute atomic E-state index is 0.207. The average Bonchev–Trinajstić information content (AvgIpc) is 2.28. The first-order chi connectivity index (χ1) is 5.52. The summed E-state index contributed by atoms with van der Waals surface area (Å²) < 4.78 is 0. The SMILES string of the molecule is CC(C)N(C)C1SC(=O)NC1=O. The van der Waals surface area contributed by atoms with Crippen molar-refractivity contribution in [3.63, 3.8) is 0 Å². The highest BCUT2D eigenvalue weighted by Crippen LogP contribution is 2.22. The Morgan fingerprint density at radius 1 is 1.50 bits per heavy atom. The van der Waals surface area contributed by atoms with Crippen molar-refractivity contribution < 1.29 is 9.59 Å². The lowest BCUT2D eigenvalue weighted by Crippen LogP contribution is -2.40. The number of likely N-dealkylation sites (N-methyl/N-ethyl adjacent to an activating group) is 1. The first-order valence-corrected chi connectivity index (χ1v) is 4.63. The third kappa shape index (κ3) is 1.78. The van der Waals surface area contributed by atoms with E-state index in [0.717, 1.165) is 11.8 Å². The minimum atomic E-state index is -0.350. The molecule has 0 aromatic heterocycles. The van der Waals surface area contributed by atoms with E-state index < -0.39 is 0 Å². The van der Waals surface area contributed by atoms with Crippen LogP contribution >= 0.6 is 11.8 Å². The number of rotatable bonds is 2. The number of amides is 2. The standard InChI is InChI=1S/C7H12N2O2S/c1-4(2)9(3)6-5(10)8-7(11)12-6/h4,6H,1-3H3,(H,8,10,11). The molecule has 1 rings (SSSR count). The first-order valence-electron chi connectivity index (χ1n) is 3.76. The maximum absolute atomic E-state index is 11.1. The third-order valence-corrected chi connectivity index (χ3v) is 2.94. The lowest BCUT2D eigenvalue weighted by atomic mass is 10.3. The Bertz CT molecular complexity index is 217. The van der Waals surface area contributed by atoms with E-state index in [2.05, 4.69) is 5.32 Å². The molecule has 0 bridgehead atoms. The van der Waals surface area contributed by atoms with Gasteiger partial charge in [0.2, 0.25) is 0 Å². The van der Waals surface area contributed by atoms with Crippen LogP contribution in [0, 0.1) is 0 Å². The quantitative estimate of drug-likeness (QED) is 0.690. The zero-order chi connectivity index (χ0) is 9.30. The lowest BCUT2D eigenvalue weighted by Gasteiger charge is -2.24. The summed E-state index contributed by atoms with van der Waals surface area (Å²) in [5.41, 5.74) is 0. The fraction of sp³-hybridized carbons (Fsp3) is 0.714. The smallest absolute Gasteiger partial charge is 0.285 e. The van der Waals surface area contributed by atoms with Crippen LogP contribution in [-0.4, -0.2) is 34.5 Å². The van der Waals surface area contributed by atoms with Gasteiger partial charge in [0.25, 0.3) is 11.1 Å². The van der Waals surface area contributed by atoms with Crippen molar-refractivity contribution >= 4 is 22.9 Å². The summed E-state index contributed by atoms with van der Waals surface area (Å²) in [5, 5.41) is 1.64. The van der Waals surface area contributed by atoms with Gasteiger partial charge in [-0.25, -0.2) is 0 Å². The van der Waals surface area contributed by atoms with E-state index in [1.165, 1.54) is 0 Å². The van der Waals surface area contributed by atoms with E-state index in [1.54, 1.807) is 0 Å². The summed E-state index contributed by atoms with van der Waals surface area (Å²) in [6.45, 7) is 3.97. The van der Waals surface area contributed by atoms with Gasteiger partial charge in [-0.05, 0) is 32.7 Å². The van der Waals surface area contributed by atoms with E-state index in [-0.39, 0.29) is 22.6 Å². The number of carbonyl (C=O) groups excluding carboxylic acids is 2. The first kappa shape index (κ1) is 9.54. The molecular formula is C7H12N2O2S. The zero-order valence-corrected chi connectivity index (χ0v) is 8.14. The van der Waals surface area contributed by atoms with Gasteiger partial charge < -0.3 is 0 Å². The minimum Gasteiger partial charge on any atom is -0.285 e. The van der Waals surface area contributed by atoms with Crippen molar-refractivity contribution in [3.8, 4) is 0 Å². The van der Waals surface area contributed by atoms with Gasteiger partial charge in [-0.3, -0.25) is 19.8 Å². The Hall–Kier alpha value is -0.550. The molecule has 1 atom stereocenters. The lowest BCUT2D eigenvalue weighted by molar-refractivity contribution is -0.121. The zero-order valence-electron chi connectivity index (χ0n) is 7.33. The Balaban J connectivity index is 2.64. The van der Waals surface area contributed by atoms with E-state index >= 15 is 0 Å². The highest BCUT2D eigenvalue weighted by atomic mass is 32.2. The second-order valence-corrected chi connectivity index (χ2v) is 4.06. The maximum atomic E-state index is 11.1. The predicted molar refractivity (Wildman–Crippen MR) is 47.8 cm³/mol. The van der Waals surface area contributed by atoms with Crippen LogP contribution < -0.4 is 5.32 Å². The van der Waals surface area contributed by atoms with Crippen molar-refractivity contribution in [3.05, 3.63) is 0 Å². The highest BCUT2D eigenvalue weighted by molar-refractivity contribution is 8.15. The summed E-state index contributed by atoms with van der Waals surface area (Å²) in [4.78, 5) is 23.8. The highest BCUT2D eigenvalue weighted by Gasteiger charge is 2.35. The molecule has 0 spiro atoms. The normalized spacial score (nSPS) is 23.9. The number of hydrogen-bond donors (Lipinski definition) is 1. The van der Waals surface area contributed by atoms with Gasteiger partial charge >= 0.3 is 0 Å². The van der Waals surface area contributed by atoms with Gasteiger partial charge in [0, 0.05) is 6.04 Å². The molecule has 1 aliphatic rings. The van der Waals surface area contributed by atoms with Crippen LogP contribution in [0.3, 0.4) is 0 Å². The Morgan fingerprint density at radius 3 is 2.42 bits per heavy atom. The molecule has 0 aromatic rings. The van der Waals surface area contributed by atoms with Crippen molar-refractivity contribution in [1.82, 2.24) is 10.2 Å². The number of nitrogens with one attached hydrogen (secondary N) is 1. The molecule has 1 aliphatic heterocycles. The molecule has 0 radical (unpaired) electrons. The van der Waals surface area contributed by atoms with Crippen molar-refractivity contribution in [1.29, 1.82) is 0 Å². The van der Waals surface area contributed by atoms with Crippen LogP contribution in [0.25, 0.3) is 0 Å². The largest absolute Gasteiger partial charge is 0.287 e. The second-order valence-electron chi connectivity index (χ2n) is 3.01. The number of hydrogen-bond acceptors (Lipinski definition) is 4. The van der Waals surface area contributed by atoms with Gasteiger partial charge in [-0.1, -0.05) is 0 Å². The number of nitrogens with zero attached hydrogens (tertiary/aromatic N) is 1. The molecule has 2 amide bonds. The number of imide groups is 1. The topological polar surface area (TPSA) is 49.4 Å². The maximum Gasteiger partial charge on any atom is 0.287 e. The molecule has 0 saturated carbocycles. The van der Waals surface area contributed by atoms with E-state index in [0.29, 0.717) is 0 Å². The Morgan fingerprint density at radius 2 is 2.08 bits per heavy atom. The van der Waals surface area contributed by atoms with Crippen LogP contribution in [-0.2, 0) is 4.79 Å². The predicted octanol–water partition coefficient (Wildman–Crippen LogP) is 0.636. The molecule has 1 N–H and O–H groups in total. The van der Waals surface area contributed by atoms with E-state index in [4.69, 9.17) is 0 Å². The second kappa shape index (κ2) is 3.45. The van der Waals surface area contributed by atoms with Crippen LogP contribution in [0.5, 0.6) is 0 Å². The fourth-order valence-electron chi connectivity index (χ4n) is 0.886. The van der Waals surface area contributed by atoms with E-state index in [1.807, 2.05) is 25.8 Å². The molecule has 1 fully saturated rings. The van der Waals surface area contributed by atoms with Gasteiger partial charge in [-0.2, -0.15) is 0 Å². The molecular weight excluding hydrogens is 176 g/mol. The molecule has 1 heterocycles. The van der Waals surface area contributed by atoms with Gasteiger partial charge in [-0.15, -0.1) is 0 Å². The summed E-state index contributed by atoms with van der Waals surface area (Å²) >= 11 is 1.04. The molecule has 1 unspecified atom stereocenters. The van der Waals surface area contributed by atoms with Crippen molar-refractivity contribution in [2.45, 2.75) is 25.3 Å². The molecule has 4 nitrogen and oxygen atoms in total. The van der Waals surface area contributed by atoms with Gasteiger partial charge in [0.05, 0.1) is 0 Å². The molecule has 12 heavy (non-hydrogen) atoms. The number of carbonyl (C=O) groups is 2. The van der Waals surface area contributed by atoms with Crippen LogP contribution in [0.2, 0.25) is 0 Å². The monoisotopic (exact) mass is 188 g/mol. The number of thioether (sulfide) groups is 1. The fourth-order valence-corrected chi connectivity index (χ4v) is 1.82. The van der Waals surface area contributed by atoms with Crippen molar-refractivity contribution in [2.75, 3.05) is 7.05 Å². The van der Waals surface area contributed by atoms with Crippen LogP contribution in [0.1, 0.15) is 13.8 Å². The summed E-state index contributed by atoms with van der Waals surface area (Å²) in [6.07, 6.45) is 0. The molecule has 5 heteroatoms. The van der Waals surface area contributed by atoms with Gasteiger partial charge in [0.1, 0.15) is 5.37 Å². The molecule has 68 valence electrons. The average molecular weight is 188 g/mol. The summed E-state index contributed by atoms with van der Waals surface area (Å²) in [6, 6.07) is 0.263. The van der Waals surface area contributed by atoms with E-state index in [9.17, 15) is 9.59 Å². The Labute approximate surface area is 75.7 Å². The molecule has 0 aliphatic carbocycles. The molecule has 1 saturated heterocycles. The van der Waals surface area contributed by atoms with Crippen LogP contribution in [0.15, 0.2) is 0 Å². The summed E-state index contributed by atoms with van der Waals surface area (Å²) in [5.74, 6) is -0.207. The molecule has 0 aromatic carbocycles. The van der Waals surface area contributed by atoms with Crippen LogP contribution in [0.4, 0.5) is 4.79 Å². The summed E-state index contributed by atoms with van der Waals surface area (Å²) in [7, 11) is 1.83. The Kier molecular flexibility index (Phi) is 2.74. The van der Waals surface area contributed by atoms with Gasteiger partial charge in [0.15, 0.2) is 0 Å². The third-order valence-electron chi connectivity index (χ3n) is 1.85.